The summed E-state index contributed by atoms with van der Waals surface area (Å²) in [6.07, 6.45) is 0. The number of nitrogens with zero attached hydrogens (tertiary/aromatic N) is 2. The number of aromatic amines is 1. The Morgan fingerprint density at radius 2 is 2.04 bits per heavy atom. The molecule has 3 rings (SSSR count). The Bertz CT molecular complexity index is 920. The number of aromatic nitrogens is 1. The number of H-pyrrole nitrogens is 1. The molecule has 3 aromatic rings. The zero-order valence-corrected chi connectivity index (χ0v) is 13.7. The smallest absolute Gasteiger partial charge is 0.218 e. The fraction of sp³-hybridized carbons (Fsp3) is 0.0625. The maximum Gasteiger partial charge on any atom is 0.218 e. The molecule has 0 aliphatic rings. The van der Waals surface area contributed by atoms with Crippen LogP contribution >= 0.6 is 23.8 Å². The lowest BCUT2D eigenvalue weighted by molar-refractivity contribution is 0.459. The van der Waals surface area contributed by atoms with Crippen molar-refractivity contribution in [1.29, 1.82) is 0 Å². The van der Waals surface area contributed by atoms with Crippen molar-refractivity contribution < 1.29 is 5.11 Å². The van der Waals surface area contributed by atoms with Gasteiger partial charge in [0.15, 0.2) is 5.69 Å². The molecule has 1 heterocycles. The largest absolute Gasteiger partial charge is 0.493 e. The molecule has 0 radical (unpaired) electrons. The Labute approximate surface area is 143 Å². The van der Waals surface area contributed by atoms with Gasteiger partial charge < -0.3 is 15.4 Å². The molecule has 5 nitrogen and oxygen atoms in total. The molecular weight excluding hydrogens is 332 g/mol. The molecule has 3 N–H and O–H groups in total. The van der Waals surface area contributed by atoms with E-state index in [0.29, 0.717) is 21.6 Å². The predicted octanol–water partition coefficient (Wildman–Crippen LogP) is 5.32. The lowest BCUT2D eigenvalue weighted by Gasteiger charge is -2.03. The molecule has 0 aliphatic carbocycles. The quantitative estimate of drug-likeness (QED) is 0.435. The van der Waals surface area contributed by atoms with Crippen molar-refractivity contribution in [3.63, 3.8) is 0 Å². The predicted molar refractivity (Wildman–Crippen MR) is 96.9 cm³/mol. The Hall–Kier alpha value is -2.44. The van der Waals surface area contributed by atoms with E-state index >= 15 is 0 Å². The van der Waals surface area contributed by atoms with E-state index in [0.717, 1.165) is 11.3 Å². The maximum atomic E-state index is 9.97. The number of aryl methyl sites for hydroxylation is 1. The highest BCUT2D eigenvalue weighted by Crippen LogP contribution is 2.38. The minimum Gasteiger partial charge on any atom is -0.493 e. The van der Waals surface area contributed by atoms with Gasteiger partial charge in [-0.25, -0.2) is 0 Å². The van der Waals surface area contributed by atoms with Crippen molar-refractivity contribution in [2.75, 3.05) is 5.32 Å². The highest BCUT2D eigenvalue weighted by Gasteiger charge is 2.12. The van der Waals surface area contributed by atoms with Crippen LogP contribution in [-0.4, -0.2) is 15.2 Å². The van der Waals surface area contributed by atoms with E-state index < -0.39 is 0 Å². The number of para-hydroxylation sites is 1. The van der Waals surface area contributed by atoms with Crippen LogP contribution in [0.2, 0.25) is 5.02 Å². The lowest BCUT2D eigenvalue weighted by atomic mass is 10.2. The first kappa shape index (κ1) is 15.5. The number of halogens is 1. The standard InChI is InChI=1S/C16H13ClN4OS/c1-9-4-2-5-10(8-9)18-16(23)21-20-14-11-6-3-7-12(17)13(11)19-15(14)22/h2-8,19,22H,1H3,(H,18,23). The van der Waals surface area contributed by atoms with E-state index in [2.05, 4.69) is 20.5 Å². The van der Waals surface area contributed by atoms with Gasteiger partial charge in [-0.15, -0.1) is 10.2 Å². The summed E-state index contributed by atoms with van der Waals surface area (Å²) in [7, 11) is 0. The van der Waals surface area contributed by atoms with E-state index in [1.807, 2.05) is 31.2 Å². The molecule has 0 bridgehead atoms. The molecule has 2 aromatic carbocycles. The van der Waals surface area contributed by atoms with Crippen LogP contribution in [0.5, 0.6) is 5.88 Å². The first-order valence-electron chi connectivity index (χ1n) is 6.83. The molecule has 7 heteroatoms. The van der Waals surface area contributed by atoms with Gasteiger partial charge >= 0.3 is 0 Å². The van der Waals surface area contributed by atoms with Crippen molar-refractivity contribution >= 4 is 51.2 Å². The van der Waals surface area contributed by atoms with Gasteiger partial charge in [0.05, 0.1) is 10.5 Å². The Morgan fingerprint density at radius 3 is 2.83 bits per heavy atom. The summed E-state index contributed by atoms with van der Waals surface area (Å²) < 4.78 is 0. The van der Waals surface area contributed by atoms with Gasteiger partial charge in [-0.2, -0.15) is 0 Å². The van der Waals surface area contributed by atoms with Gasteiger partial charge in [0.25, 0.3) is 0 Å². The van der Waals surface area contributed by atoms with Crippen molar-refractivity contribution in [2.45, 2.75) is 6.92 Å². The first-order chi connectivity index (χ1) is 11.0. The molecule has 1 aromatic heterocycles. The Kier molecular flexibility index (Phi) is 4.27. The second-order valence-corrected chi connectivity index (χ2v) is 5.78. The number of fused-ring (bicyclic) bond motifs is 1. The van der Waals surface area contributed by atoms with E-state index in [9.17, 15) is 5.11 Å². The third-order valence-electron chi connectivity index (χ3n) is 3.25. The summed E-state index contributed by atoms with van der Waals surface area (Å²) in [6, 6.07) is 13.0. The average molecular weight is 345 g/mol. The van der Waals surface area contributed by atoms with Crippen LogP contribution in [0.25, 0.3) is 10.9 Å². The number of benzene rings is 2. The molecule has 0 amide bonds. The van der Waals surface area contributed by atoms with Crippen LogP contribution in [0.15, 0.2) is 52.7 Å². The SMILES string of the molecule is Cc1cccc(NC(=S)N=Nc2c(O)[nH]c3c(Cl)cccc23)c1. The molecule has 23 heavy (non-hydrogen) atoms. The summed E-state index contributed by atoms with van der Waals surface area (Å²) in [5.74, 6) is -0.102. The summed E-state index contributed by atoms with van der Waals surface area (Å²) in [6.45, 7) is 1.99. The fourth-order valence-electron chi connectivity index (χ4n) is 2.22. The van der Waals surface area contributed by atoms with E-state index in [1.165, 1.54) is 0 Å². The highest BCUT2D eigenvalue weighted by molar-refractivity contribution is 7.80. The zero-order chi connectivity index (χ0) is 16.4. The van der Waals surface area contributed by atoms with Crippen LogP contribution < -0.4 is 5.32 Å². The summed E-state index contributed by atoms with van der Waals surface area (Å²) in [4.78, 5) is 2.78. The normalized spacial score (nSPS) is 11.2. The van der Waals surface area contributed by atoms with E-state index in [-0.39, 0.29) is 11.0 Å². The average Bonchev–Trinajstić information content (AvgIpc) is 2.82. The number of hydrogen-bond acceptors (Lipinski definition) is 3. The molecule has 0 unspecified atom stereocenters. The number of nitrogens with one attached hydrogen (secondary N) is 2. The van der Waals surface area contributed by atoms with Crippen molar-refractivity contribution in [3.05, 3.63) is 53.1 Å². The van der Waals surface area contributed by atoms with E-state index in [4.69, 9.17) is 23.8 Å². The molecule has 116 valence electrons. The zero-order valence-electron chi connectivity index (χ0n) is 12.2. The first-order valence-corrected chi connectivity index (χ1v) is 7.62. The van der Waals surface area contributed by atoms with Crippen molar-refractivity contribution in [3.8, 4) is 5.88 Å². The number of rotatable bonds is 2. The summed E-state index contributed by atoms with van der Waals surface area (Å²) in [5.41, 5.74) is 2.85. The third kappa shape index (κ3) is 3.33. The van der Waals surface area contributed by atoms with Crippen LogP contribution in [0.4, 0.5) is 11.4 Å². The Morgan fingerprint density at radius 1 is 1.26 bits per heavy atom. The third-order valence-corrected chi connectivity index (χ3v) is 3.75. The minimum absolute atomic E-state index is 0.102. The Balaban J connectivity index is 1.84. The number of thiocarbonyl (C=S) groups is 1. The van der Waals surface area contributed by atoms with Gasteiger partial charge in [0, 0.05) is 11.1 Å². The molecule has 0 atom stereocenters. The van der Waals surface area contributed by atoms with Gasteiger partial charge in [-0.3, -0.25) is 0 Å². The van der Waals surface area contributed by atoms with Gasteiger partial charge in [-0.1, -0.05) is 35.9 Å². The molecular formula is C16H13ClN4OS. The lowest BCUT2D eigenvalue weighted by Crippen LogP contribution is -2.04. The minimum atomic E-state index is -0.102. The molecule has 0 fully saturated rings. The molecule has 0 spiro atoms. The maximum absolute atomic E-state index is 9.97. The molecule has 0 saturated heterocycles. The topological polar surface area (TPSA) is 72.8 Å². The van der Waals surface area contributed by atoms with Crippen molar-refractivity contribution in [2.24, 2.45) is 10.2 Å². The number of hydrogen-bond donors (Lipinski definition) is 3. The van der Waals surface area contributed by atoms with Crippen LogP contribution in [0.1, 0.15) is 5.56 Å². The highest BCUT2D eigenvalue weighted by atomic mass is 35.5. The molecule has 0 saturated carbocycles. The number of aromatic hydroxyl groups is 1. The second-order valence-electron chi connectivity index (χ2n) is 4.98. The summed E-state index contributed by atoms with van der Waals surface area (Å²) in [5, 5.41) is 22.3. The van der Waals surface area contributed by atoms with Crippen LogP contribution in [0, 0.1) is 6.92 Å². The monoisotopic (exact) mass is 344 g/mol. The van der Waals surface area contributed by atoms with Crippen molar-refractivity contribution in [1.82, 2.24) is 4.98 Å². The number of anilines is 1. The molecule has 0 aliphatic heterocycles. The van der Waals surface area contributed by atoms with E-state index in [1.54, 1.807) is 18.2 Å². The van der Waals surface area contributed by atoms with Crippen LogP contribution in [0.3, 0.4) is 0 Å². The number of azo groups is 1. The van der Waals surface area contributed by atoms with Gasteiger partial charge in [-0.05, 0) is 42.9 Å². The van der Waals surface area contributed by atoms with Gasteiger partial charge in [0.2, 0.25) is 11.0 Å². The summed E-state index contributed by atoms with van der Waals surface area (Å²) >= 11 is 11.2. The fourth-order valence-corrected chi connectivity index (χ4v) is 2.60. The second kappa shape index (κ2) is 6.36. The van der Waals surface area contributed by atoms with Crippen LogP contribution in [-0.2, 0) is 0 Å². The van der Waals surface area contributed by atoms with Gasteiger partial charge in [0.1, 0.15) is 0 Å².